The normalized spacial score (nSPS) is 12.0. The van der Waals surface area contributed by atoms with Crippen molar-refractivity contribution in [1.82, 2.24) is 18.8 Å². The molecule has 10 aromatic carbocycles. The average molecular weight is 967 g/mol. The maximum Gasteiger partial charge on any atom is 0.146 e. The van der Waals surface area contributed by atoms with Gasteiger partial charge in [-0.05, 0) is 205 Å². The summed E-state index contributed by atoms with van der Waals surface area (Å²) in [7, 11) is 0. The third-order valence-electron chi connectivity index (χ3n) is 16.2. The van der Waals surface area contributed by atoms with Crippen molar-refractivity contribution in [3.8, 4) is 56.0 Å². The molecule has 4 heterocycles. The van der Waals surface area contributed by atoms with Crippen molar-refractivity contribution in [1.29, 1.82) is 0 Å². The topological polar surface area (TPSA) is 43.8 Å². The van der Waals surface area contributed by atoms with E-state index in [2.05, 4.69) is 246 Å². The molecule has 0 saturated heterocycles. The minimum absolute atomic E-state index is 0.730. The number of aromatic nitrogens is 4. The second-order valence-electron chi connectivity index (χ2n) is 20.9. The highest BCUT2D eigenvalue weighted by Gasteiger charge is 2.26. The van der Waals surface area contributed by atoms with Gasteiger partial charge in [0.25, 0.3) is 0 Å². The molecule has 0 aliphatic rings. The first-order valence-corrected chi connectivity index (χ1v) is 26.1. The molecule has 0 N–H and O–H groups in total. The summed E-state index contributed by atoms with van der Waals surface area (Å²) in [6, 6.07) is 66.1. The van der Waals surface area contributed by atoms with Crippen molar-refractivity contribution in [3.05, 3.63) is 226 Å². The van der Waals surface area contributed by atoms with Gasteiger partial charge in [-0.3, -0.25) is 8.80 Å². The maximum absolute atomic E-state index is 7.15. The molecule has 0 aliphatic heterocycles. The van der Waals surface area contributed by atoms with Gasteiger partial charge in [-0.2, -0.15) is 0 Å². The number of rotatable bonds is 6. The molecule has 0 atom stereocenters. The Morgan fingerprint density at radius 3 is 0.987 bits per heavy atom. The van der Waals surface area contributed by atoms with E-state index in [1.807, 2.05) is 0 Å². The number of fused-ring (bicyclic) bond motifs is 16. The van der Waals surface area contributed by atoms with Gasteiger partial charge in [0.1, 0.15) is 22.8 Å². The van der Waals surface area contributed by atoms with E-state index in [1.54, 1.807) is 0 Å². The average Bonchev–Trinajstić information content (AvgIpc) is 4.00. The standard InChI is InChI=1S/C70H54N4O/c1-39-17-13-18-40(2)61(39)51-33-35-53(63-43(5)21-15-22-44(63)6)67-65(51)49-31-29-47(37-55(49)69-71-57-25-9-11-27-59(57)73(67)69)75-48-30-32-50-56(38-48)70-72-58-26-10-12-28-60(58)74(70)68-54(64-45(7)23-16-24-46(64)8)36-34-52(66(50)68)62-41(3)19-14-20-42(62)4/h9-38H,1-8H3. The van der Waals surface area contributed by atoms with Crippen LogP contribution in [0.25, 0.3) is 121 Å². The Balaban J connectivity index is 1.05. The summed E-state index contributed by atoms with van der Waals surface area (Å²) in [6.45, 7) is 17.8. The van der Waals surface area contributed by atoms with Crippen LogP contribution in [0.5, 0.6) is 11.5 Å². The molecule has 14 aromatic rings. The zero-order valence-electron chi connectivity index (χ0n) is 43.5. The summed E-state index contributed by atoms with van der Waals surface area (Å²) in [5.41, 5.74) is 27.8. The largest absolute Gasteiger partial charge is 0.457 e. The van der Waals surface area contributed by atoms with Crippen molar-refractivity contribution >= 4 is 76.7 Å². The summed E-state index contributed by atoms with van der Waals surface area (Å²) in [5, 5.41) is 6.68. The molecule has 5 nitrogen and oxygen atoms in total. The Labute approximate surface area is 436 Å². The molecular formula is C70H54N4O. The summed E-state index contributed by atoms with van der Waals surface area (Å²) < 4.78 is 12.0. The summed E-state index contributed by atoms with van der Waals surface area (Å²) in [5.74, 6) is 1.46. The molecule has 0 spiro atoms. The van der Waals surface area contributed by atoms with Gasteiger partial charge in [0, 0.05) is 32.7 Å². The molecule has 4 aromatic heterocycles. The number of hydrogen-bond donors (Lipinski definition) is 0. The first-order valence-electron chi connectivity index (χ1n) is 26.1. The van der Waals surface area contributed by atoms with Crippen LogP contribution >= 0.6 is 0 Å². The monoisotopic (exact) mass is 966 g/mol. The van der Waals surface area contributed by atoms with E-state index in [1.165, 1.54) is 99.8 Å². The van der Waals surface area contributed by atoms with Crippen LogP contribution in [0.15, 0.2) is 182 Å². The number of ether oxygens (including phenoxy) is 1. The lowest BCUT2D eigenvalue weighted by Crippen LogP contribution is -2.00. The molecule has 75 heavy (non-hydrogen) atoms. The van der Waals surface area contributed by atoms with Gasteiger partial charge >= 0.3 is 0 Å². The molecule has 360 valence electrons. The van der Waals surface area contributed by atoms with Gasteiger partial charge in [-0.15, -0.1) is 0 Å². The van der Waals surface area contributed by atoms with Crippen LogP contribution in [-0.4, -0.2) is 18.8 Å². The highest BCUT2D eigenvalue weighted by Crippen LogP contribution is 2.48. The zero-order valence-corrected chi connectivity index (χ0v) is 43.5. The van der Waals surface area contributed by atoms with E-state index in [0.717, 1.165) is 77.4 Å². The highest BCUT2D eigenvalue weighted by atomic mass is 16.5. The Morgan fingerprint density at radius 2 is 0.627 bits per heavy atom. The van der Waals surface area contributed by atoms with Crippen molar-refractivity contribution in [2.45, 2.75) is 55.4 Å². The molecule has 5 heteroatoms. The highest BCUT2D eigenvalue weighted by molar-refractivity contribution is 6.24. The predicted octanol–water partition coefficient (Wildman–Crippen LogP) is 18.8. The van der Waals surface area contributed by atoms with Crippen LogP contribution in [0.3, 0.4) is 0 Å². The van der Waals surface area contributed by atoms with Crippen molar-refractivity contribution < 1.29 is 4.74 Å². The van der Waals surface area contributed by atoms with Crippen molar-refractivity contribution in [2.75, 3.05) is 0 Å². The Morgan fingerprint density at radius 1 is 0.307 bits per heavy atom. The number of benzene rings is 10. The Kier molecular flexibility index (Phi) is 9.96. The molecule has 0 saturated carbocycles. The Hall–Kier alpha value is -9.06. The van der Waals surface area contributed by atoms with E-state index in [9.17, 15) is 0 Å². The number of para-hydroxylation sites is 4. The molecule has 0 amide bonds. The van der Waals surface area contributed by atoms with E-state index in [4.69, 9.17) is 14.7 Å². The number of aryl methyl sites for hydroxylation is 8. The lowest BCUT2D eigenvalue weighted by Gasteiger charge is -2.21. The van der Waals surface area contributed by atoms with Gasteiger partial charge in [0.05, 0.1) is 33.1 Å². The fourth-order valence-electron chi connectivity index (χ4n) is 13.0. The Bertz CT molecular complexity index is 4400. The quantitative estimate of drug-likeness (QED) is 0.156. The van der Waals surface area contributed by atoms with Gasteiger partial charge in [0.2, 0.25) is 0 Å². The molecule has 0 unspecified atom stereocenters. The third-order valence-corrected chi connectivity index (χ3v) is 16.2. The number of hydrogen-bond acceptors (Lipinski definition) is 3. The first-order chi connectivity index (χ1) is 36.5. The van der Waals surface area contributed by atoms with Gasteiger partial charge < -0.3 is 4.74 Å². The van der Waals surface area contributed by atoms with E-state index < -0.39 is 0 Å². The molecule has 0 radical (unpaired) electrons. The van der Waals surface area contributed by atoms with Crippen LogP contribution in [0.2, 0.25) is 0 Å². The summed E-state index contributed by atoms with van der Waals surface area (Å²) in [6.07, 6.45) is 0. The predicted molar refractivity (Wildman–Crippen MR) is 315 cm³/mol. The molecular weight excluding hydrogens is 913 g/mol. The van der Waals surface area contributed by atoms with Gasteiger partial charge in [-0.25, -0.2) is 9.97 Å². The number of imidazole rings is 2. The zero-order chi connectivity index (χ0) is 51.0. The van der Waals surface area contributed by atoms with Crippen LogP contribution in [0.4, 0.5) is 0 Å². The molecule has 0 bridgehead atoms. The van der Waals surface area contributed by atoms with Crippen LogP contribution in [-0.2, 0) is 0 Å². The van der Waals surface area contributed by atoms with Crippen LogP contribution in [0, 0.1) is 55.4 Å². The maximum atomic E-state index is 7.15. The first kappa shape index (κ1) is 44.6. The molecule has 14 rings (SSSR count). The second kappa shape index (κ2) is 16.7. The molecule has 0 aliphatic carbocycles. The summed E-state index contributed by atoms with van der Waals surface area (Å²) in [4.78, 5) is 10.9. The fourth-order valence-corrected chi connectivity index (χ4v) is 13.0. The lowest BCUT2D eigenvalue weighted by molar-refractivity contribution is 0.484. The van der Waals surface area contributed by atoms with E-state index in [0.29, 0.717) is 0 Å². The van der Waals surface area contributed by atoms with Crippen LogP contribution in [0.1, 0.15) is 44.5 Å². The van der Waals surface area contributed by atoms with Gasteiger partial charge in [-0.1, -0.05) is 121 Å². The SMILES string of the molecule is Cc1cccc(C)c1-c1ccc(-c2c(C)cccc2C)c2c1c1ccc(Oc3ccc4c(c3)c3nc5ccccc5n3c3c(-c5c(C)cccc5C)ccc(-c5c(C)cccc5C)c43)cc1c1nc3ccccc3n12. The minimum Gasteiger partial charge on any atom is -0.457 e. The van der Waals surface area contributed by atoms with Crippen LogP contribution < -0.4 is 4.74 Å². The summed E-state index contributed by atoms with van der Waals surface area (Å²) >= 11 is 0. The number of nitrogens with zero attached hydrogens (tertiary/aromatic N) is 4. The van der Waals surface area contributed by atoms with Gasteiger partial charge in [0.15, 0.2) is 0 Å². The van der Waals surface area contributed by atoms with Crippen molar-refractivity contribution in [3.63, 3.8) is 0 Å². The van der Waals surface area contributed by atoms with E-state index in [-0.39, 0.29) is 0 Å². The fraction of sp³-hybridized carbons (Fsp3) is 0.114. The third kappa shape index (κ3) is 6.63. The number of pyridine rings is 2. The van der Waals surface area contributed by atoms with Crippen molar-refractivity contribution in [2.24, 2.45) is 0 Å². The molecule has 0 fully saturated rings. The smallest absolute Gasteiger partial charge is 0.146 e. The second-order valence-corrected chi connectivity index (χ2v) is 20.9. The lowest BCUT2D eigenvalue weighted by atomic mass is 9.86. The van der Waals surface area contributed by atoms with E-state index >= 15 is 0 Å². The minimum atomic E-state index is 0.730.